The molecule has 0 heterocycles. The van der Waals surface area contributed by atoms with Gasteiger partial charge in [0.1, 0.15) is 6.29 Å². The summed E-state index contributed by atoms with van der Waals surface area (Å²) in [6.45, 7) is 2.12. The van der Waals surface area contributed by atoms with Gasteiger partial charge >= 0.3 is 0 Å². The zero-order valence-electron chi connectivity index (χ0n) is 9.93. The molecule has 1 unspecified atom stereocenters. The summed E-state index contributed by atoms with van der Waals surface area (Å²) in [5.41, 5.74) is 1.37. The Balaban J connectivity index is 2.29. The van der Waals surface area contributed by atoms with Crippen molar-refractivity contribution in [1.29, 1.82) is 0 Å². The van der Waals surface area contributed by atoms with E-state index in [1.807, 2.05) is 6.07 Å². The van der Waals surface area contributed by atoms with Crippen LogP contribution in [-0.4, -0.2) is 6.29 Å². The standard InChI is InChI=1S/C15H20O/c1-2-14(12-13-16)8-6-7-11-15-9-4-3-5-10-15/h3-6,8-10,13-14H,2,7,11-12H2,1H3/b8-6+. The fourth-order valence-corrected chi connectivity index (χ4v) is 1.69. The van der Waals surface area contributed by atoms with Crippen molar-refractivity contribution in [2.75, 3.05) is 0 Å². The zero-order chi connectivity index (χ0) is 11.6. The highest BCUT2D eigenvalue weighted by atomic mass is 16.1. The summed E-state index contributed by atoms with van der Waals surface area (Å²) >= 11 is 0. The molecule has 0 saturated heterocycles. The normalized spacial score (nSPS) is 12.8. The summed E-state index contributed by atoms with van der Waals surface area (Å²) in [4.78, 5) is 10.4. The average molecular weight is 216 g/mol. The Hall–Kier alpha value is -1.37. The molecule has 16 heavy (non-hydrogen) atoms. The summed E-state index contributed by atoms with van der Waals surface area (Å²) in [6.07, 6.45) is 9.21. The Bertz CT molecular complexity index is 313. The molecule has 0 saturated carbocycles. The number of aryl methyl sites for hydroxylation is 1. The van der Waals surface area contributed by atoms with Crippen molar-refractivity contribution in [2.45, 2.75) is 32.6 Å². The number of hydrogen-bond acceptors (Lipinski definition) is 1. The SMILES string of the molecule is CCC(/C=C/CCc1ccccc1)CC=O. The first-order valence-electron chi connectivity index (χ1n) is 6.01. The number of rotatable bonds is 7. The predicted octanol–water partition coefficient (Wildman–Crippen LogP) is 3.79. The lowest BCUT2D eigenvalue weighted by molar-refractivity contribution is -0.108. The maximum absolute atomic E-state index is 10.4. The molecule has 1 aromatic carbocycles. The Kier molecular flexibility index (Phi) is 6.24. The highest BCUT2D eigenvalue weighted by molar-refractivity contribution is 5.50. The largest absolute Gasteiger partial charge is 0.303 e. The van der Waals surface area contributed by atoms with E-state index in [9.17, 15) is 4.79 Å². The average Bonchev–Trinajstić information content (AvgIpc) is 2.34. The van der Waals surface area contributed by atoms with Gasteiger partial charge in [0.15, 0.2) is 0 Å². The second-order valence-corrected chi connectivity index (χ2v) is 4.02. The molecule has 1 aromatic rings. The number of carbonyl (C=O) groups is 1. The van der Waals surface area contributed by atoms with Crippen LogP contribution in [0.25, 0.3) is 0 Å². The molecule has 0 spiro atoms. The molecule has 1 heteroatoms. The van der Waals surface area contributed by atoms with Gasteiger partial charge in [-0.15, -0.1) is 0 Å². The molecule has 0 N–H and O–H groups in total. The maximum atomic E-state index is 10.4. The van der Waals surface area contributed by atoms with Crippen LogP contribution in [0.5, 0.6) is 0 Å². The van der Waals surface area contributed by atoms with Crippen molar-refractivity contribution >= 4 is 6.29 Å². The summed E-state index contributed by atoms with van der Waals surface area (Å²) in [7, 11) is 0. The molecule has 86 valence electrons. The Morgan fingerprint density at radius 3 is 2.62 bits per heavy atom. The van der Waals surface area contributed by atoms with Gasteiger partial charge in [-0.2, -0.15) is 0 Å². The van der Waals surface area contributed by atoms with E-state index in [2.05, 4.69) is 43.3 Å². The second kappa shape index (κ2) is 7.86. The van der Waals surface area contributed by atoms with Crippen LogP contribution >= 0.6 is 0 Å². The number of hydrogen-bond donors (Lipinski definition) is 0. The van der Waals surface area contributed by atoms with Gasteiger partial charge in [0, 0.05) is 6.42 Å². The second-order valence-electron chi connectivity index (χ2n) is 4.02. The Morgan fingerprint density at radius 1 is 1.25 bits per heavy atom. The molecular weight excluding hydrogens is 196 g/mol. The fourth-order valence-electron chi connectivity index (χ4n) is 1.69. The molecule has 0 bridgehead atoms. The number of benzene rings is 1. The van der Waals surface area contributed by atoms with Gasteiger partial charge < -0.3 is 4.79 Å². The minimum atomic E-state index is 0.424. The van der Waals surface area contributed by atoms with Gasteiger partial charge in [-0.1, -0.05) is 49.4 Å². The van der Waals surface area contributed by atoms with Gasteiger partial charge in [0.05, 0.1) is 0 Å². The minimum Gasteiger partial charge on any atom is -0.303 e. The first-order chi connectivity index (χ1) is 7.86. The fraction of sp³-hybridized carbons (Fsp3) is 0.400. The van der Waals surface area contributed by atoms with Crippen LogP contribution in [0, 0.1) is 5.92 Å². The zero-order valence-corrected chi connectivity index (χ0v) is 9.93. The van der Waals surface area contributed by atoms with Crippen molar-refractivity contribution < 1.29 is 4.79 Å². The van der Waals surface area contributed by atoms with Crippen molar-refractivity contribution in [2.24, 2.45) is 5.92 Å². The third kappa shape index (κ3) is 4.92. The van der Waals surface area contributed by atoms with Gasteiger partial charge in [0.2, 0.25) is 0 Å². The van der Waals surface area contributed by atoms with Gasteiger partial charge in [-0.25, -0.2) is 0 Å². The molecule has 0 radical (unpaired) electrons. The molecule has 0 amide bonds. The van der Waals surface area contributed by atoms with Gasteiger partial charge in [-0.3, -0.25) is 0 Å². The summed E-state index contributed by atoms with van der Waals surface area (Å²) in [6, 6.07) is 10.5. The molecular formula is C15H20O. The van der Waals surface area contributed by atoms with E-state index in [0.717, 1.165) is 25.5 Å². The maximum Gasteiger partial charge on any atom is 0.120 e. The molecule has 0 aliphatic carbocycles. The molecule has 0 aromatic heterocycles. The van der Waals surface area contributed by atoms with Crippen LogP contribution in [0.4, 0.5) is 0 Å². The van der Waals surface area contributed by atoms with Crippen LogP contribution < -0.4 is 0 Å². The number of allylic oxidation sites excluding steroid dienone is 2. The molecule has 0 aliphatic rings. The molecule has 1 nitrogen and oxygen atoms in total. The predicted molar refractivity (Wildman–Crippen MR) is 68.4 cm³/mol. The molecule has 1 atom stereocenters. The van der Waals surface area contributed by atoms with Crippen LogP contribution in [0.2, 0.25) is 0 Å². The van der Waals surface area contributed by atoms with E-state index in [4.69, 9.17) is 0 Å². The third-order valence-electron chi connectivity index (χ3n) is 2.77. The lowest BCUT2D eigenvalue weighted by Crippen LogP contribution is -1.94. The lowest BCUT2D eigenvalue weighted by Gasteiger charge is -2.04. The van der Waals surface area contributed by atoms with Crippen molar-refractivity contribution in [3.8, 4) is 0 Å². The Morgan fingerprint density at radius 2 is 2.00 bits per heavy atom. The van der Waals surface area contributed by atoms with E-state index in [1.54, 1.807) is 0 Å². The van der Waals surface area contributed by atoms with Crippen LogP contribution in [0.3, 0.4) is 0 Å². The van der Waals surface area contributed by atoms with E-state index in [-0.39, 0.29) is 0 Å². The molecule has 0 fully saturated rings. The highest BCUT2D eigenvalue weighted by Crippen LogP contribution is 2.09. The lowest BCUT2D eigenvalue weighted by atomic mass is 10.0. The van der Waals surface area contributed by atoms with Crippen molar-refractivity contribution in [1.82, 2.24) is 0 Å². The monoisotopic (exact) mass is 216 g/mol. The van der Waals surface area contributed by atoms with Gasteiger partial charge in [0.25, 0.3) is 0 Å². The van der Waals surface area contributed by atoms with Crippen LogP contribution in [0.15, 0.2) is 42.5 Å². The minimum absolute atomic E-state index is 0.424. The summed E-state index contributed by atoms with van der Waals surface area (Å²) in [5.74, 6) is 0.424. The first-order valence-corrected chi connectivity index (χ1v) is 6.01. The molecule has 0 aliphatic heterocycles. The van der Waals surface area contributed by atoms with E-state index < -0.39 is 0 Å². The number of carbonyl (C=O) groups excluding carboxylic acids is 1. The van der Waals surface area contributed by atoms with E-state index >= 15 is 0 Å². The third-order valence-corrected chi connectivity index (χ3v) is 2.77. The Labute approximate surface area is 98.2 Å². The topological polar surface area (TPSA) is 17.1 Å². The van der Waals surface area contributed by atoms with E-state index in [1.165, 1.54) is 5.56 Å². The van der Waals surface area contributed by atoms with Crippen molar-refractivity contribution in [3.63, 3.8) is 0 Å². The van der Waals surface area contributed by atoms with E-state index in [0.29, 0.717) is 12.3 Å². The van der Waals surface area contributed by atoms with Gasteiger partial charge in [-0.05, 0) is 30.7 Å². The quantitative estimate of drug-likeness (QED) is 0.500. The summed E-state index contributed by atoms with van der Waals surface area (Å²) in [5, 5.41) is 0. The van der Waals surface area contributed by atoms with Crippen LogP contribution in [0.1, 0.15) is 31.7 Å². The number of aldehydes is 1. The summed E-state index contributed by atoms with van der Waals surface area (Å²) < 4.78 is 0. The molecule has 1 rings (SSSR count). The van der Waals surface area contributed by atoms with Crippen molar-refractivity contribution in [3.05, 3.63) is 48.0 Å². The smallest absolute Gasteiger partial charge is 0.120 e. The first kappa shape index (κ1) is 12.7. The highest BCUT2D eigenvalue weighted by Gasteiger charge is 1.99. The van der Waals surface area contributed by atoms with Crippen LogP contribution in [-0.2, 0) is 11.2 Å².